The lowest BCUT2D eigenvalue weighted by atomic mass is 9.94. The van der Waals surface area contributed by atoms with Gasteiger partial charge in [0.2, 0.25) is 0 Å². The summed E-state index contributed by atoms with van der Waals surface area (Å²) >= 11 is 3.48. The van der Waals surface area contributed by atoms with E-state index in [4.69, 9.17) is 14.2 Å². The van der Waals surface area contributed by atoms with Gasteiger partial charge in [-0.05, 0) is 59.0 Å². The number of aromatic nitrogens is 1. The Morgan fingerprint density at radius 1 is 0.800 bits per heavy atom. The van der Waals surface area contributed by atoms with Crippen molar-refractivity contribution in [3.8, 4) is 5.75 Å². The van der Waals surface area contributed by atoms with E-state index in [1.54, 1.807) is 23.1 Å². The van der Waals surface area contributed by atoms with Crippen molar-refractivity contribution in [2.75, 3.05) is 12.4 Å². The van der Waals surface area contributed by atoms with Gasteiger partial charge < -0.3 is 19.5 Å². The van der Waals surface area contributed by atoms with E-state index >= 15 is 0 Å². The molecule has 0 unspecified atom stereocenters. The minimum absolute atomic E-state index is 0.0594. The molecule has 2 aliphatic rings. The highest BCUT2D eigenvalue weighted by molar-refractivity contribution is 8.01. The van der Waals surface area contributed by atoms with Crippen molar-refractivity contribution >= 4 is 44.1 Å². The molecule has 0 amide bonds. The minimum atomic E-state index is 0.0594. The molecule has 7 heteroatoms. The standard InChI is InChI=1S/C33H32N2O3S2/c1-2-9-26-23(6-1)7-5-8-24(26)21-38-32-29-17-16-28(34-29)31(32)37-20-22-12-14-25(15-13-22)36-18-19-39-33-35-27-10-3-4-11-30(27)40-33/h1-15,28-29,31-32,34H,16-21H2/t28-,29+,31-,32+/m0/s1. The second kappa shape index (κ2) is 11.9. The van der Waals surface area contributed by atoms with Crippen molar-refractivity contribution in [1.29, 1.82) is 0 Å². The summed E-state index contributed by atoms with van der Waals surface area (Å²) < 4.78 is 21.3. The van der Waals surface area contributed by atoms with Crippen LogP contribution in [0.1, 0.15) is 24.0 Å². The van der Waals surface area contributed by atoms with Gasteiger partial charge in [0.15, 0.2) is 4.34 Å². The zero-order valence-corrected chi connectivity index (χ0v) is 23.8. The molecule has 0 spiro atoms. The highest BCUT2D eigenvalue weighted by atomic mass is 32.2. The summed E-state index contributed by atoms with van der Waals surface area (Å²) in [5.74, 6) is 1.74. The SMILES string of the molecule is c1ccc2c(CO[C@H]3[C@@H](OCc4ccc(OCCSc5nc6ccccc6s5)cc4)[C@@H]4CC[C@H]3N4)cccc2c1. The van der Waals surface area contributed by atoms with Gasteiger partial charge in [0.25, 0.3) is 0 Å². The van der Waals surface area contributed by atoms with Gasteiger partial charge in [-0.15, -0.1) is 11.3 Å². The number of thioether (sulfide) groups is 1. The van der Waals surface area contributed by atoms with Crippen LogP contribution in [0, 0.1) is 0 Å². The Morgan fingerprint density at radius 2 is 1.55 bits per heavy atom. The maximum atomic E-state index is 6.54. The van der Waals surface area contributed by atoms with Crippen molar-refractivity contribution in [3.63, 3.8) is 0 Å². The van der Waals surface area contributed by atoms with Crippen LogP contribution in [-0.4, -0.2) is 41.6 Å². The van der Waals surface area contributed by atoms with E-state index < -0.39 is 0 Å². The molecule has 2 aliphatic heterocycles. The van der Waals surface area contributed by atoms with Gasteiger partial charge in [0, 0.05) is 17.8 Å². The number of ether oxygens (including phenoxy) is 3. The van der Waals surface area contributed by atoms with Crippen molar-refractivity contribution in [2.45, 2.75) is 54.7 Å². The summed E-state index contributed by atoms with van der Waals surface area (Å²) in [4.78, 5) is 4.68. The van der Waals surface area contributed by atoms with Crippen LogP contribution in [0.4, 0.5) is 0 Å². The molecule has 5 nitrogen and oxygen atoms in total. The first kappa shape index (κ1) is 26.0. The Kier molecular flexibility index (Phi) is 7.72. The molecule has 5 aromatic rings. The molecule has 3 heterocycles. The van der Waals surface area contributed by atoms with E-state index in [2.05, 4.69) is 83.1 Å². The molecule has 204 valence electrons. The topological polar surface area (TPSA) is 52.6 Å². The van der Waals surface area contributed by atoms with Crippen LogP contribution < -0.4 is 10.1 Å². The largest absolute Gasteiger partial charge is 0.493 e. The van der Waals surface area contributed by atoms with Crippen LogP contribution in [0.5, 0.6) is 5.75 Å². The second-order valence-corrected chi connectivity index (χ2v) is 12.8. The fraction of sp³-hybridized carbons (Fsp3) is 0.303. The Hall–Kier alpha value is -2.94. The molecule has 4 atom stereocenters. The van der Waals surface area contributed by atoms with Crippen LogP contribution in [0.25, 0.3) is 21.0 Å². The average molecular weight is 569 g/mol. The number of fused-ring (bicyclic) bond motifs is 4. The van der Waals surface area contributed by atoms with Crippen LogP contribution in [0.3, 0.4) is 0 Å². The normalized spacial score (nSPS) is 21.9. The molecule has 1 N–H and O–H groups in total. The van der Waals surface area contributed by atoms with E-state index in [-0.39, 0.29) is 12.2 Å². The number of nitrogens with one attached hydrogen (secondary N) is 1. The Labute approximate surface area is 242 Å². The van der Waals surface area contributed by atoms with Crippen molar-refractivity contribution in [1.82, 2.24) is 10.3 Å². The third-order valence-corrected chi connectivity index (χ3v) is 10.0. The number of nitrogens with zero attached hydrogens (tertiary/aromatic N) is 1. The van der Waals surface area contributed by atoms with Crippen LogP contribution in [0.15, 0.2) is 95.3 Å². The lowest BCUT2D eigenvalue weighted by Gasteiger charge is -2.29. The minimum Gasteiger partial charge on any atom is -0.493 e. The highest BCUT2D eigenvalue weighted by Crippen LogP contribution is 2.35. The molecule has 7 rings (SSSR count). The Balaban J connectivity index is 0.901. The predicted molar refractivity (Wildman–Crippen MR) is 163 cm³/mol. The molecule has 2 saturated heterocycles. The lowest BCUT2D eigenvalue weighted by molar-refractivity contribution is -0.0885. The molecule has 40 heavy (non-hydrogen) atoms. The summed E-state index contributed by atoms with van der Waals surface area (Å²) in [5, 5.41) is 6.23. The van der Waals surface area contributed by atoms with Crippen molar-refractivity contribution in [3.05, 3.63) is 102 Å². The molecule has 2 fully saturated rings. The van der Waals surface area contributed by atoms with Gasteiger partial charge in [-0.1, -0.05) is 78.5 Å². The zero-order chi connectivity index (χ0) is 26.7. The highest BCUT2D eigenvalue weighted by Gasteiger charge is 2.49. The predicted octanol–water partition coefficient (Wildman–Crippen LogP) is 7.23. The third-order valence-electron chi connectivity index (χ3n) is 7.86. The van der Waals surface area contributed by atoms with Gasteiger partial charge in [0.1, 0.15) is 18.0 Å². The van der Waals surface area contributed by atoms with Crippen LogP contribution in [0.2, 0.25) is 0 Å². The molecule has 1 aromatic heterocycles. The van der Waals surface area contributed by atoms with Gasteiger partial charge in [-0.2, -0.15) is 0 Å². The van der Waals surface area contributed by atoms with Gasteiger partial charge >= 0.3 is 0 Å². The first-order valence-electron chi connectivity index (χ1n) is 14.0. The summed E-state index contributed by atoms with van der Waals surface area (Å²) in [6.45, 7) is 1.81. The number of hydrogen-bond acceptors (Lipinski definition) is 7. The van der Waals surface area contributed by atoms with Crippen molar-refractivity contribution in [2.24, 2.45) is 0 Å². The maximum Gasteiger partial charge on any atom is 0.151 e. The van der Waals surface area contributed by atoms with Gasteiger partial charge in [-0.3, -0.25) is 0 Å². The first-order chi connectivity index (χ1) is 19.8. The Bertz CT molecular complexity index is 1550. The summed E-state index contributed by atoms with van der Waals surface area (Å²) in [6, 6.07) is 32.2. The molecule has 0 aliphatic carbocycles. The fourth-order valence-electron chi connectivity index (χ4n) is 5.88. The number of rotatable bonds is 11. The molecule has 4 aromatic carbocycles. The van der Waals surface area contributed by atoms with Gasteiger partial charge in [-0.25, -0.2) is 4.98 Å². The fourth-order valence-corrected chi connectivity index (χ4v) is 7.84. The summed E-state index contributed by atoms with van der Waals surface area (Å²) in [7, 11) is 0. The van der Waals surface area contributed by atoms with Crippen LogP contribution in [-0.2, 0) is 22.7 Å². The maximum absolute atomic E-state index is 6.54. The van der Waals surface area contributed by atoms with E-state index in [0.717, 1.165) is 39.8 Å². The molecular formula is C33H32N2O3S2. The Morgan fingerprint density at radius 3 is 2.40 bits per heavy atom. The smallest absolute Gasteiger partial charge is 0.151 e. The number of hydrogen-bond donors (Lipinski definition) is 1. The number of benzene rings is 4. The molecular weight excluding hydrogens is 537 g/mol. The average Bonchev–Trinajstić information content (AvgIpc) is 3.73. The monoisotopic (exact) mass is 568 g/mol. The molecule has 0 saturated carbocycles. The quantitative estimate of drug-likeness (QED) is 0.134. The lowest BCUT2D eigenvalue weighted by Crippen LogP contribution is -2.40. The van der Waals surface area contributed by atoms with E-state index in [1.165, 1.54) is 21.0 Å². The number of thiazole rings is 1. The van der Waals surface area contributed by atoms with E-state index in [0.29, 0.717) is 31.9 Å². The zero-order valence-electron chi connectivity index (χ0n) is 22.2. The first-order valence-corrected chi connectivity index (χ1v) is 15.8. The summed E-state index contributed by atoms with van der Waals surface area (Å²) in [5.41, 5.74) is 3.44. The molecule has 2 bridgehead atoms. The van der Waals surface area contributed by atoms with E-state index in [9.17, 15) is 0 Å². The van der Waals surface area contributed by atoms with Gasteiger partial charge in [0.05, 0.1) is 30.0 Å². The van der Waals surface area contributed by atoms with Crippen molar-refractivity contribution < 1.29 is 14.2 Å². The summed E-state index contributed by atoms with van der Waals surface area (Å²) in [6.07, 6.45) is 2.41. The number of para-hydroxylation sites is 1. The third kappa shape index (κ3) is 5.62. The van der Waals surface area contributed by atoms with Crippen LogP contribution >= 0.6 is 23.1 Å². The molecule has 0 radical (unpaired) electrons. The second-order valence-electron chi connectivity index (χ2n) is 10.4. The van der Waals surface area contributed by atoms with E-state index in [1.807, 2.05) is 18.2 Å².